The SMILES string of the molecule is CN(C(=O)c1ccc2ncsc2c1)C1CN(c2ccc3nccn3n2)C1. The zero-order valence-corrected chi connectivity index (χ0v) is 14.9. The van der Waals surface area contributed by atoms with E-state index >= 15 is 0 Å². The molecule has 1 aliphatic rings. The van der Waals surface area contributed by atoms with Crippen LogP contribution in [-0.4, -0.2) is 56.6 Å². The summed E-state index contributed by atoms with van der Waals surface area (Å²) < 4.78 is 2.80. The Hall–Kier alpha value is -3.00. The highest BCUT2D eigenvalue weighted by Crippen LogP contribution is 2.24. The number of thiazole rings is 1. The van der Waals surface area contributed by atoms with Crippen molar-refractivity contribution in [1.29, 1.82) is 0 Å². The van der Waals surface area contributed by atoms with E-state index in [9.17, 15) is 4.79 Å². The lowest BCUT2D eigenvalue weighted by atomic mass is 10.1. The second-order valence-corrected chi connectivity index (χ2v) is 7.32. The lowest BCUT2D eigenvalue weighted by Gasteiger charge is -2.44. The fourth-order valence-electron chi connectivity index (χ4n) is 3.22. The van der Waals surface area contributed by atoms with Gasteiger partial charge in [-0.25, -0.2) is 14.5 Å². The van der Waals surface area contributed by atoms with E-state index in [1.807, 2.05) is 48.5 Å². The first-order valence-electron chi connectivity index (χ1n) is 8.35. The molecule has 1 amide bonds. The number of nitrogens with zero attached hydrogens (tertiary/aromatic N) is 6. The van der Waals surface area contributed by atoms with Crippen LogP contribution >= 0.6 is 11.3 Å². The Balaban J connectivity index is 1.29. The number of hydrogen-bond acceptors (Lipinski definition) is 6. The zero-order chi connectivity index (χ0) is 17.7. The predicted octanol–water partition coefficient (Wildman–Crippen LogP) is 2.30. The van der Waals surface area contributed by atoms with Gasteiger partial charge in [0.25, 0.3) is 5.91 Å². The van der Waals surface area contributed by atoms with E-state index in [1.165, 1.54) is 0 Å². The van der Waals surface area contributed by atoms with Crippen LogP contribution in [0.1, 0.15) is 10.4 Å². The molecule has 0 saturated carbocycles. The summed E-state index contributed by atoms with van der Waals surface area (Å²) in [7, 11) is 1.87. The molecule has 1 aromatic carbocycles. The van der Waals surface area contributed by atoms with Crippen LogP contribution in [0.4, 0.5) is 5.82 Å². The Morgan fingerprint density at radius 1 is 1.23 bits per heavy atom. The largest absolute Gasteiger partial charge is 0.351 e. The number of fused-ring (bicyclic) bond motifs is 2. The number of carbonyl (C=O) groups excluding carboxylic acids is 1. The van der Waals surface area contributed by atoms with Gasteiger partial charge in [-0.2, -0.15) is 0 Å². The second-order valence-electron chi connectivity index (χ2n) is 6.43. The number of benzene rings is 1. The smallest absolute Gasteiger partial charge is 0.254 e. The number of anilines is 1. The van der Waals surface area contributed by atoms with Crippen LogP contribution in [0, 0.1) is 0 Å². The first-order chi connectivity index (χ1) is 12.7. The number of carbonyl (C=O) groups is 1. The third-order valence-electron chi connectivity index (χ3n) is 4.87. The highest BCUT2D eigenvalue weighted by atomic mass is 32.1. The van der Waals surface area contributed by atoms with Crippen LogP contribution in [0.15, 0.2) is 48.2 Å². The second kappa shape index (κ2) is 5.77. The minimum absolute atomic E-state index is 0.0444. The van der Waals surface area contributed by atoms with Crippen LogP contribution < -0.4 is 4.90 Å². The van der Waals surface area contributed by atoms with Crippen LogP contribution in [0.3, 0.4) is 0 Å². The van der Waals surface area contributed by atoms with Crippen molar-refractivity contribution >= 4 is 38.9 Å². The van der Waals surface area contributed by atoms with E-state index in [1.54, 1.807) is 27.6 Å². The topological polar surface area (TPSA) is 66.6 Å². The van der Waals surface area contributed by atoms with Gasteiger partial charge in [0.15, 0.2) is 5.65 Å². The summed E-state index contributed by atoms with van der Waals surface area (Å²) in [4.78, 5) is 25.3. The first-order valence-corrected chi connectivity index (χ1v) is 9.23. The normalized spacial score (nSPS) is 14.7. The minimum atomic E-state index is 0.0444. The average molecular weight is 364 g/mol. The Morgan fingerprint density at radius 2 is 2.12 bits per heavy atom. The van der Waals surface area contributed by atoms with Crippen molar-refractivity contribution in [2.24, 2.45) is 0 Å². The maximum absolute atomic E-state index is 12.8. The molecule has 26 heavy (non-hydrogen) atoms. The lowest BCUT2D eigenvalue weighted by molar-refractivity contribution is 0.0705. The molecule has 0 spiro atoms. The Kier molecular flexibility index (Phi) is 3.39. The number of aromatic nitrogens is 4. The molecule has 5 rings (SSSR count). The molecule has 4 aromatic rings. The molecule has 1 aliphatic heterocycles. The summed E-state index contributed by atoms with van der Waals surface area (Å²) >= 11 is 1.55. The molecule has 0 N–H and O–H groups in total. The monoisotopic (exact) mass is 364 g/mol. The summed E-state index contributed by atoms with van der Waals surface area (Å²) in [5, 5.41) is 4.55. The van der Waals surface area contributed by atoms with Gasteiger partial charge in [0.1, 0.15) is 5.82 Å². The van der Waals surface area contributed by atoms with E-state index in [4.69, 9.17) is 0 Å². The van der Waals surface area contributed by atoms with E-state index in [-0.39, 0.29) is 11.9 Å². The summed E-state index contributed by atoms with van der Waals surface area (Å²) in [6.07, 6.45) is 3.57. The third kappa shape index (κ3) is 2.41. The molecular weight excluding hydrogens is 348 g/mol. The van der Waals surface area contributed by atoms with Gasteiger partial charge < -0.3 is 9.80 Å². The molecule has 1 fully saturated rings. The van der Waals surface area contributed by atoms with Crippen LogP contribution in [0.5, 0.6) is 0 Å². The van der Waals surface area contributed by atoms with Crippen molar-refractivity contribution in [3.05, 3.63) is 53.8 Å². The number of hydrogen-bond donors (Lipinski definition) is 0. The molecule has 3 aromatic heterocycles. The highest BCUT2D eigenvalue weighted by molar-refractivity contribution is 7.16. The van der Waals surface area contributed by atoms with Gasteiger partial charge in [-0.1, -0.05) is 0 Å². The summed E-state index contributed by atoms with van der Waals surface area (Å²) in [6.45, 7) is 1.55. The van der Waals surface area contributed by atoms with Crippen LogP contribution in [-0.2, 0) is 0 Å². The van der Waals surface area contributed by atoms with Crippen molar-refractivity contribution in [2.45, 2.75) is 6.04 Å². The Labute approximate surface area is 153 Å². The van der Waals surface area contributed by atoms with Gasteiger partial charge in [-0.3, -0.25) is 4.79 Å². The molecule has 0 radical (unpaired) electrons. The molecular formula is C18H16N6OS. The molecule has 7 nitrogen and oxygen atoms in total. The molecule has 4 heterocycles. The summed E-state index contributed by atoms with van der Waals surface area (Å²) in [5.41, 5.74) is 4.28. The average Bonchev–Trinajstić information content (AvgIpc) is 3.27. The predicted molar refractivity (Wildman–Crippen MR) is 101 cm³/mol. The Morgan fingerprint density at radius 3 is 3.00 bits per heavy atom. The summed E-state index contributed by atoms with van der Waals surface area (Å²) in [6, 6.07) is 9.79. The van der Waals surface area contributed by atoms with Crippen LogP contribution in [0.2, 0.25) is 0 Å². The van der Waals surface area contributed by atoms with E-state index in [0.717, 1.165) is 34.8 Å². The van der Waals surface area contributed by atoms with Gasteiger partial charge in [-0.15, -0.1) is 16.4 Å². The molecule has 0 unspecified atom stereocenters. The highest BCUT2D eigenvalue weighted by Gasteiger charge is 2.33. The molecule has 8 heteroatoms. The number of likely N-dealkylation sites (N-methyl/N-ethyl adjacent to an activating group) is 1. The van der Waals surface area contributed by atoms with Crippen molar-refractivity contribution in [3.8, 4) is 0 Å². The lowest BCUT2D eigenvalue weighted by Crippen LogP contribution is -2.60. The van der Waals surface area contributed by atoms with Crippen molar-refractivity contribution in [2.75, 3.05) is 25.0 Å². The van der Waals surface area contributed by atoms with Crippen LogP contribution in [0.25, 0.3) is 15.9 Å². The first kappa shape index (κ1) is 15.3. The molecule has 1 saturated heterocycles. The minimum Gasteiger partial charge on any atom is -0.351 e. The maximum Gasteiger partial charge on any atom is 0.254 e. The quantitative estimate of drug-likeness (QED) is 0.558. The van der Waals surface area contributed by atoms with Gasteiger partial charge in [0.05, 0.1) is 21.8 Å². The molecule has 130 valence electrons. The number of amides is 1. The van der Waals surface area contributed by atoms with E-state index in [0.29, 0.717) is 5.56 Å². The Bertz CT molecular complexity index is 1110. The molecule has 0 aliphatic carbocycles. The van der Waals surface area contributed by atoms with Gasteiger partial charge in [0.2, 0.25) is 0 Å². The van der Waals surface area contributed by atoms with Gasteiger partial charge >= 0.3 is 0 Å². The fraction of sp³-hybridized carbons (Fsp3) is 0.222. The standard InChI is InChI=1S/C18H16N6OS/c1-22(18(25)12-2-3-14-15(8-12)26-11-20-14)13-9-23(10-13)17-5-4-16-19-6-7-24(16)21-17/h2-8,11,13H,9-10H2,1H3. The van der Waals surface area contributed by atoms with Gasteiger partial charge in [0, 0.05) is 38.1 Å². The zero-order valence-electron chi connectivity index (χ0n) is 14.1. The molecule has 0 atom stereocenters. The van der Waals surface area contributed by atoms with Gasteiger partial charge in [-0.05, 0) is 30.3 Å². The van der Waals surface area contributed by atoms with Crippen molar-refractivity contribution in [3.63, 3.8) is 0 Å². The summed E-state index contributed by atoms with van der Waals surface area (Å²) in [5.74, 6) is 0.946. The van der Waals surface area contributed by atoms with E-state index in [2.05, 4.69) is 20.0 Å². The number of imidazole rings is 1. The van der Waals surface area contributed by atoms with Crippen molar-refractivity contribution < 1.29 is 4.79 Å². The number of rotatable bonds is 3. The fourth-order valence-corrected chi connectivity index (χ4v) is 3.94. The molecule has 0 bridgehead atoms. The third-order valence-corrected chi connectivity index (χ3v) is 5.67. The van der Waals surface area contributed by atoms with E-state index < -0.39 is 0 Å². The maximum atomic E-state index is 12.8. The van der Waals surface area contributed by atoms with Crippen molar-refractivity contribution in [1.82, 2.24) is 24.5 Å².